The number of carbonyl (C=O) groups is 3. The van der Waals surface area contributed by atoms with Crippen molar-refractivity contribution in [2.45, 2.75) is 419 Å². The fourth-order valence-electron chi connectivity index (χ4n) is 13.3. The van der Waals surface area contributed by atoms with Crippen LogP contribution in [0.15, 0.2) is 48.6 Å². The van der Waals surface area contributed by atoms with Crippen LogP contribution >= 0.6 is 0 Å². The zero-order valence-electron chi connectivity index (χ0n) is 65.0. The molecule has 0 amide bonds. The van der Waals surface area contributed by atoms with Gasteiger partial charge >= 0.3 is 17.9 Å². The first-order chi connectivity index (χ1) is 47.2. The van der Waals surface area contributed by atoms with Crippen molar-refractivity contribution < 1.29 is 33.7 Å². The molecule has 0 bridgehead atoms. The van der Waals surface area contributed by atoms with Crippen LogP contribution in [0, 0.1) is 11.8 Å². The van der Waals surface area contributed by atoms with Gasteiger partial charge in [0.15, 0.2) is 0 Å². The zero-order valence-corrected chi connectivity index (χ0v) is 65.0. The van der Waals surface area contributed by atoms with Crippen molar-refractivity contribution in [2.75, 3.05) is 60.1 Å². The highest BCUT2D eigenvalue weighted by Gasteiger charge is 2.20. The molecule has 0 rings (SSSR count). The van der Waals surface area contributed by atoms with Crippen LogP contribution in [-0.4, -0.2) is 99.0 Å². The molecule has 0 heterocycles. The van der Waals surface area contributed by atoms with E-state index in [0.29, 0.717) is 26.1 Å². The average molecular weight is 1350 g/mol. The number of hydrogen-bond donors (Lipinski definition) is 1. The van der Waals surface area contributed by atoms with Crippen molar-refractivity contribution in [3.63, 3.8) is 0 Å². The van der Waals surface area contributed by atoms with E-state index in [1.165, 1.54) is 244 Å². The fourth-order valence-corrected chi connectivity index (χ4v) is 13.3. The van der Waals surface area contributed by atoms with Crippen LogP contribution in [0.5, 0.6) is 0 Å². The van der Waals surface area contributed by atoms with Crippen LogP contribution in [0.3, 0.4) is 0 Å². The van der Waals surface area contributed by atoms with Crippen LogP contribution < -0.4 is 0 Å². The quantitative estimate of drug-likeness (QED) is 0.0276. The van der Waals surface area contributed by atoms with E-state index in [4.69, 9.17) is 14.2 Å². The lowest BCUT2D eigenvalue weighted by atomic mass is 9.94. The molecule has 0 aromatic heterocycles. The van der Waals surface area contributed by atoms with Crippen molar-refractivity contribution in [3.05, 3.63) is 48.6 Å². The summed E-state index contributed by atoms with van der Waals surface area (Å²) < 4.78 is 17.5. The molecule has 0 saturated carbocycles. The lowest BCUT2D eigenvalue weighted by Gasteiger charge is -2.21. The van der Waals surface area contributed by atoms with Gasteiger partial charge in [0.1, 0.15) is 6.10 Å². The van der Waals surface area contributed by atoms with Gasteiger partial charge in [-0.15, -0.1) is 0 Å². The Hall–Kier alpha value is -2.75. The summed E-state index contributed by atoms with van der Waals surface area (Å²) in [5, 5.41) is 9.68. The van der Waals surface area contributed by atoms with Gasteiger partial charge in [-0.25, -0.2) is 0 Å². The molecule has 564 valence electrons. The summed E-state index contributed by atoms with van der Waals surface area (Å²) in [5.41, 5.74) is 0. The second-order valence-electron chi connectivity index (χ2n) is 29.6. The number of aliphatic hydroxyl groups is 1. The van der Waals surface area contributed by atoms with Crippen LogP contribution in [0.25, 0.3) is 0 Å². The van der Waals surface area contributed by atoms with Gasteiger partial charge in [0.2, 0.25) is 0 Å². The molecule has 0 radical (unpaired) electrons. The van der Waals surface area contributed by atoms with E-state index in [1.54, 1.807) is 0 Å². The Balaban J connectivity index is 3.88. The molecule has 0 aromatic carbocycles. The van der Waals surface area contributed by atoms with E-state index < -0.39 is 0 Å². The van der Waals surface area contributed by atoms with Gasteiger partial charge in [-0.2, -0.15) is 0 Å². The predicted molar refractivity (Wildman–Crippen MR) is 417 cm³/mol. The van der Waals surface area contributed by atoms with Gasteiger partial charge in [0, 0.05) is 19.4 Å². The van der Waals surface area contributed by atoms with E-state index >= 15 is 0 Å². The molecule has 0 aliphatic carbocycles. The molecular weight excluding hydrogens is 1180 g/mol. The van der Waals surface area contributed by atoms with Crippen LogP contribution in [-0.2, 0) is 28.6 Å². The molecule has 0 aliphatic rings. The molecule has 9 heteroatoms. The van der Waals surface area contributed by atoms with Crippen molar-refractivity contribution in [1.29, 1.82) is 0 Å². The summed E-state index contributed by atoms with van der Waals surface area (Å²) in [6.45, 7) is 14.3. The molecule has 96 heavy (non-hydrogen) atoms. The topological polar surface area (TPSA) is 106 Å². The molecule has 2 atom stereocenters. The van der Waals surface area contributed by atoms with Gasteiger partial charge in [0.25, 0.3) is 0 Å². The summed E-state index contributed by atoms with van der Waals surface area (Å²) in [6, 6.07) is 0. The smallest absolute Gasteiger partial charge is 0.308 e. The number of aliphatic hydroxyl groups excluding tert-OH is 1. The number of nitrogens with zero attached hydrogens (tertiary/aromatic N) is 2. The molecule has 0 saturated heterocycles. The molecule has 0 aliphatic heterocycles. The van der Waals surface area contributed by atoms with Crippen molar-refractivity contribution >= 4 is 17.9 Å². The van der Waals surface area contributed by atoms with Crippen molar-refractivity contribution in [1.82, 2.24) is 9.80 Å². The van der Waals surface area contributed by atoms with E-state index in [1.807, 2.05) is 0 Å². The maximum absolute atomic E-state index is 13.1. The molecule has 2 unspecified atom stereocenters. The lowest BCUT2D eigenvalue weighted by molar-refractivity contribution is -0.150. The molecular formula is C87H164N2O7. The Morgan fingerprint density at radius 3 is 1.14 bits per heavy atom. The number of esters is 3. The number of unbranched alkanes of at least 4 members (excludes halogenated alkanes) is 40. The minimum absolute atomic E-state index is 0.00104. The molecule has 0 spiro atoms. The Labute approximate surface area is 598 Å². The third-order valence-electron chi connectivity index (χ3n) is 19.7. The highest BCUT2D eigenvalue weighted by molar-refractivity contribution is 5.72. The van der Waals surface area contributed by atoms with E-state index in [9.17, 15) is 19.5 Å². The standard InChI is InChI=1S/C87H164N2O7/c1-7-10-13-16-19-20-21-22-23-27-30-33-36-39-48-59-71-84(96-86(92)74-66-75-88(5)6)72-60-49-40-37-34-31-28-25-24-26-29-32-35-38-44-55-67-82(4)68-56-45-42-53-64-80-94-85(91)73-61-50-41-51-62-76-89(78-79-90)77-63-52-43-54-65-81-95-87(93)83(69-57-46-17-14-11-8-2)70-58-47-18-15-12-9-3/h19-20,22-25,29,32,82-84,90H,7-18,21,26-28,30-31,33-81H2,1-6H3/b20-19-,23-22-,25-24-,32-29-. The first kappa shape index (κ1) is 93.2. The summed E-state index contributed by atoms with van der Waals surface area (Å²) >= 11 is 0. The maximum atomic E-state index is 13.1. The highest BCUT2D eigenvalue weighted by atomic mass is 16.5. The van der Waals surface area contributed by atoms with Crippen LogP contribution in [0.1, 0.15) is 413 Å². The summed E-state index contributed by atoms with van der Waals surface area (Å²) in [7, 11) is 4.13. The van der Waals surface area contributed by atoms with Crippen molar-refractivity contribution in [2.24, 2.45) is 11.8 Å². The molecule has 0 aromatic rings. The Bertz CT molecular complexity index is 1710. The number of carbonyl (C=O) groups excluding carboxylic acids is 3. The second kappa shape index (κ2) is 78.0. The Morgan fingerprint density at radius 2 is 0.688 bits per heavy atom. The first-order valence-electron chi connectivity index (χ1n) is 42.3. The second-order valence-corrected chi connectivity index (χ2v) is 29.6. The van der Waals surface area contributed by atoms with Gasteiger partial charge in [0.05, 0.1) is 25.7 Å². The summed E-state index contributed by atoms with van der Waals surface area (Å²) in [5.74, 6) is 0.923. The molecule has 1 N–H and O–H groups in total. The highest BCUT2D eigenvalue weighted by Crippen LogP contribution is 2.24. The SMILES string of the molecule is CCCCC/C=C\C/C=C\CCCCCCCCC(CCCCCCCC/C=C\C/C=C\CCCCCC(C)CCCCCCCOC(=O)CCCCCCCN(CCO)CCCCCCCOC(=O)C(CCCCCCCC)CCCCCCCC)OC(=O)CCCN(C)C. The number of rotatable bonds is 78. The first-order valence-corrected chi connectivity index (χ1v) is 42.3. The van der Waals surface area contributed by atoms with Crippen molar-refractivity contribution in [3.8, 4) is 0 Å². The molecule has 0 fully saturated rings. The minimum Gasteiger partial charge on any atom is -0.466 e. The van der Waals surface area contributed by atoms with Gasteiger partial charge in [-0.1, -0.05) is 307 Å². The Morgan fingerprint density at radius 1 is 0.344 bits per heavy atom. The monoisotopic (exact) mass is 1350 g/mol. The van der Waals surface area contributed by atoms with Gasteiger partial charge in [-0.05, 0) is 181 Å². The maximum Gasteiger partial charge on any atom is 0.308 e. The normalized spacial score (nSPS) is 12.8. The van der Waals surface area contributed by atoms with Crippen LogP contribution in [0.2, 0.25) is 0 Å². The lowest BCUT2D eigenvalue weighted by Crippen LogP contribution is -2.29. The Kier molecular flexibility index (Phi) is 75.7. The average Bonchev–Trinajstić information content (AvgIpc) is 2.95. The summed E-state index contributed by atoms with van der Waals surface area (Å²) in [4.78, 5) is 42.7. The van der Waals surface area contributed by atoms with E-state index in [-0.39, 0.29) is 36.5 Å². The van der Waals surface area contributed by atoms with Crippen LogP contribution in [0.4, 0.5) is 0 Å². The minimum atomic E-state index is -0.0314. The number of ether oxygens (including phenoxy) is 3. The third-order valence-corrected chi connectivity index (χ3v) is 19.7. The summed E-state index contributed by atoms with van der Waals surface area (Å²) in [6.07, 6.45) is 89.8. The molecule has 9 nitrogen and oxygen atoms in total. The predicted octanol–water partition coefficient (Wildman–Crippen LogP) is 25.8. The van der Waals surface area contributed by atoms with Gasteiger partial charge in [-0.3, -0.25) is 14.4 Å². The number of allylic oxidation sites excluding steroid dienone is 8. The number of hydrogen-bond acceptors (Lipinski definition) is 9. The fraction of sp³-hybridized carbons (Fsp3) is 0.874. The zero-order chi connectivity index (χ0) is 69.8. The van der Waals surface area contributed by atoms with E-state index in [2.05, 4.69) is 100 Å². The van der Waals surface area contributed by atoms with Gasteiger partial charge < -0.3 is 29.1 Å². The van der Waals surface area contributed by atoms with E-state index in [0.717, 1.165) is 161 Å². The largest absolute Gasteiger partial charge is 0.466 e. The third kappa shape index (κ3) is 72.5.